The van der Waals surface area contributed by atoms with E-state index in [0.717, 1.165) is 18.4 Å². The maximum absolute atomic E-state index is 11.3. The smallest absolute Gasteiger partial charge is 0.150 e. The lowest BCUT2D eigenvalue weighted by molar-refractivity contribution is 0.112. The van der Waals surface area contributed by atoms with Crippen LogP contribution in [0.5, 0.6) is 0 Å². The van der Waals surface area contributed by atoms with Gasteiger partial charge in [0.05, 0.1) is 0 Å². The molecule has 0 saturated heterocycles. The van der Waals surface area contributed by atoms with E-state index in [0.29, 0.717) is 0 Å². The molecule has 0 saturated carbocycles. The van der Waals surface area contributed by atoms with Crippen molar-refractivity contribution >= 4 is 29.4 Å². The zero-order chi connectivity index (χ0) is 17.2. The Labute approximate surface area is 152 Å². The number of thioether (sulfide) groups is 1. The van der Waals surface area contributed by atoms with E-state index < -0.39 is 0 Å². The summed E-state index contributed by atoms with van der Waals surface area (Å²) in [4.78, 5) is 14.9. The first-order chi connectivity index (χ1) is 12.3. The number of benzene rings is 3. The van der Waals surface area contributed by atoms with Gasteiger partial charge in [0, 0.05) is 34.3 Å². The SMILES string of the molecule is CSc1ccc(N2CC(c3ccccc3)c3cc(C=O)ccc32)cc1. The van der Waals surface area contributed by atoms with Gasteiger partial charge in [-0.15, -0.1) is 11.8 Å². The van der Waals surface area contributed by atoms with Crippen molar-refractivity contribution in [2.24, 2.45) is 0 Å². The Morgan fingerprint density at radius 3 is 2.44 bits per heavy atom. The first kappa shape index (κ1) is 16.0. The lowest BCUT2D eigenvalue weighted by atomic mass is 9.92. The van der Waals surface area contributed by atoms with Crippen molar-refractivity contribution in [3.05, 3.63) is 89.5 Å². The molecular formula is C22H19NOS. The quantitative estimate of drug-likeness (QED) is 0.460. The van der Waals surface area contributed by atoms with Crippen molar-refractivity contribution in [3.8, 4) is 0 Å². The summed E-state index contributed by atoms with van der Waals surface area (Å²) in [5, 5.41) is 0. The average Bonchev–Trinajstić information content (AvgIpc) is 3.07. The van der Waals surface area contributed by atoms with Gasteiger partial charge >= 0.3 is 0 Å². The second kappa shape index (κ2) is 6.77. The summed E-state index contributed by atoms with van der Waals surface area (Å²) in [7, 11) is 0. The number of anilines is 2. The molecule has 1 atom stereocenters. The normalized spacial score (nSPS) is 15.9. The third kappa shape index (κ3) is 2.96. The molecule has 0 aliphatic carbocycles. The monoisotopic (exact) mass is 345 g/mol. The number of rotatable bonds is 4. The zero-order valence-electron chi connectivity index (χ0n) is 14.1. The van der Waals surface area contributed by atoms with Gasteiger partial charge in [0.25, 0.3) is 0 Å². The molecule has 0 fully saturated rings. The standard InChI is InChI=1S/C22H19NOS/c1-25-19-10-8-18(9-11-19)23-14-21(17-5-3-2-4-6-17)20-13-16(15-24)7-12-22(20)23/h2-13,15,21H,14H2,1H3. The summed E-state index contributed by atoms with van der Waals surface area (Å²) < 4.78 is 0. The number of fused-ring (bicyclic) bond motifs is 1. The molecule has 25 heavy (non-hydrogen) atoms. The van der Waals surface area contributed by atoms with Crippen molar-refractivity contribution in [3.63, 3.8) is 0 Å². The average molecular weight is 345 g/mol. The van der Waals surface area contributed by atoms with Gasteiger partial charge in [-0.3, -0.25) is 4.79 Å². The highest BCUT2D eigenvalue weighted by atomic mass is 32.2. The fourth-order valence-electron chi connectivity index (χ4n) is 3.53. The van der Waals surface area contributed by atoms with Crippen LogP contribution < -0.4 is 4.90 Å². The third-order valence-corrected chi connectivity index (χ3v) is 5.55. The molecule has 124 valence electrons. The van der Waals surface area contributed by atoms with Gasteiger partial charge < -0.3 is 4.90 Å². The highest BCUT2D eigenvalue weighted by molar-refractivity contribution is 7.98. The van der Waals surface area contributed by atoms with Crippen molar-refractivity contribution in [1.29, 1.82) is 0 Å². The second-order valence-electron chi connectivity index (χ2n) is 6.21. The zero-order valence-corrected chi connectivity index (χ0v) is 14.9. The van der Waals surface area contributed by atoms with E-state index in [9.17, 15) is 4.79 Å². The van der Waals surface area contributed by atoms with Crippen molar-refractivity contribution in [2.75, 3.05) is 17.7 Å². The first-order valence-corrected chi connectivity index (χ1v) is 9.58. The summed E-state index contributed by atoms with van der Waals surface area (Å²) in [6.07, 6.45) is 3.02. The van der Waals surface area contributed by atoms with E-state index in [1.54, 1.807) is 11.8 Å². The Morgan fingerprint density at radius 2 is 1.76 bits per heavy atom. The highest BCUT2D eigenvalue weighted by Crippen LogP contribution is 2.44. The Balaban J connectivity index is 1.79. The van der Waals surface area contributed by atoms with Crippen molar-refractivity contribution in [1.82, 2.24) is 0 Å². The minimum atomic E-state index is 0.274. The molecule has 2 nitrogen and oxygen atoms in total. The van der Waals surface area contributed by atoms with Gasteiger partial charge in [0.15, 0.2) is 0 Å². The number of hydrogen-bond donors (Lipinski definition) is 0. The molecule has 0 radical (unpaired) electrons. The molecule has 3 aromatic carbocycles. The molecule has 1 unspecified atom stereocenters. The van der Waals surface area contributed by atoms with E-state index in [1.165, 1.54) is 27.4 Å². The fourth-order valence-corrected chi connectivity index (χ4v) is 3.94. The van der Waals surface area contributed by atoms with Crippen LogP contribution in [0.25, 0.3) is 0 Å². The molecule has 0 aromatic heterocycles. The van der Waals surface area contributed by atoms with Crippen LogP contribution in [0.15, 0.2) is 77.7 Å². The largest absolute Gasteiger partial charge is 0.340 e. The summed E-state index contributed by atoms with van der Waals surface area (Å²) in [6.45, 7) is 0.889. The minimum Gasteiger partial charge on any atom is -0.340 e. The van der Waals surface area contributed by atoms with Crippen LogP contribution in [0.3, 0.4) is 0 Å². The molecule has 3 heteroatoms. The van der Waals surface area contributed by atoms with E-state index >= 15 is 0 Å². The van der Waals surface area contributed by atoms with E-state index in [2.05, 4.69) is 65.8 Å². The van der Waals surface area contributed by atoms with Crippen molar-refractivity contribution in [2.45, 2.75) is 10.8 Å². The molecule has 1 aliphatic heterocycles. The summed E-state index contributed by atoms with van der Waals surface area (Å²) in [5.74, 6) is 0.274. The van der Waals surface area contributed by atoms with Crippen LogP contribution in [0.1, 0.15) is 27.4 Å². The van der Waals surface area contributed by atoms with Crippen LogP contribution >= 0.6 is 11.8 Å². The lowest BCUT2D eigenvalue weighted by Gasteiger charge is -2.20. The van der Waals surface area contributed by atoms with Crippen LogP contribution in [0, 0.1) is 0 Å². The Hall–Kier alpha value is -2.52. The van der Waals surface area contributed by atoms with E-state index in [1.807, 2.05) is 18.2 Å². The van der Waals surface area contributed by atoms with Crippen LogP contribution in [0.4, 0.5) is 11.4 Å². The van der Waals surface area contributed by atoms with Gasteiger partial charge in [-0.25, -0.2) is 0 Å². The molecular weight excluding hydrogens is 326 g/mol. The second-order valence-corrected chi connectivity index (χ2v) is 7.09. The molecule has 4 rings (SSSR count). The number of nitrogens with zero attached hydrogens (tertiary/aromatic N) is 1. The van der Waals surface area contributed by atoms with Crippen LogP contribution in [-0.2, 0) is 0 Å². The predicted octanol–water partition coefficient (Wildman–Crippen LogP) is 5.50. The maximum atomic E-state index is 11.3. The molecule has 3 aromatic rings. The van der Waals surface area contributed by atoms with Gasteiger partial charge in [-0.1, -0.05) is 30.3 Å². The predicted molar refractivity (Wildman–Crippen MR) is 105 cm³/mol. The summed E-state index contributed by atoms with van der Waals surface area (Å²) in [6, 6.07) is 25.2. The number of aldehydes is 1. The Kier molecular flexibility index (Phi) is 4.33. The molecule has 0 amide bonds. The minimum absolute atomic E-state index is 0.274. The van der Waals surface area contributed by atoms with Gasteiger partial charge in [-0.05, 0) is 59.8 Å². The molecule has 0 spiro atoms. The van der Waals surface area contributed by atoms with Gasteiger partial charge in [-0.2, -0.15) is 0 Å². The maximum Gasteiger partial charge on any atom is 0.150 e. The molecule has 1 heterocycles. The summed E-state index contributed by atoms with van der Waals surface area (Å²) in [5.41, 5.74) is 5.63. The Bertz CT molecular complexity index is 890. The van der Waals surface area contributed by atoms with Gasteiger partial charge in [0.1, 0.15) is 6.29 Å². The van der Waals surface area contributed by atoms with Crippen LogP contribution in [0.2, 0.25) is 0 Å². The topological polar surface area (TPSA) is 20.3 Å². The first-order valence-electron chi connectivity index (χ1n) is 8.36. The van der Waals surface area contributed by atoms with Crippen LogP contribution in [-0.4, -0.2) is 19.1 Å². The molecule has 0 N–H and O–H groups in total. The highest BCUT2D eigenvalue weighted by Gasteiger charge is 2.30. The molecule has 0 bridgehead atoms. The van der Waals surface area contributed by atoms with Crippen molar-refractivity contribution < 1.29 is 4.79 Å². The summed E-state index contributed by atoms with van der Waals surface area (Å²) >= 11 is 1.75. The number of hydrogen-bond acceptors (Lipinski definition) is 3. The van der Waals surface area contributed by atoms with E-state index in [4.69, 9.17) is 0 Å². The number of carbonyl (C=O) groups is 1. The van der Waals surface area contributed by atoms with E-state index in [-0.39, 0.29) is 5.92 Å². The van der Waals surface area contributed by atoms with Gasteiger partial charge in [0.2, 0.25) is 0 Å². The third-order valence-electron chi connectivity index (χ3n) is 4.81. The lowest BCUT2D eigenvalue weighted by Crippen LogP contribution is -2.16. The number of carbonyl (C=O) groups excluding carboxylic acids is 1. The fraction of sp³-hybridized carbons (Fsp3) is 0.136. The Morgan fingerprint density at radius 1 is 1.00 bits per heavy atom. The molecule has 1 aliphatic rings.